The molecule has 2 heterocycles. The molecule has 0 saturated carbocycles. The van der Waals surface area contributed by atoms with Crippen LogP contribution in [-0.2, 0) is 24.3 Å². The van der Waals surface area contributed by atoms with E-state index in [-0.39, 0.29) is 11.4 Å². The van der Waals surface area contributed by atoms with Gasteiger partial charge in [0.15, 0.2) is 0 Å². The van der Waals surface area contributed by atoms with E-state index in [4.69, 9.17) is 4.84 Å². The lowest BCUT2D eigenvalue weighted by molar-refractivity contribution is -0.130. The Balaban J connectivity index is 2.18. The Labute approximate surface area is 141 Å². The van der Waals surface area contributed by atoms with Crippen LogP contribution in [0.15, 0.2) is 16.9 Å². The van der Waals surface area contributed by atoms with Crippen LogP contribution in [0.2, 0.25) is 0 Å². The van der Waals surface area contributed by atoms with E-state index < -0.39 is 0 Å². The Bertz CT molecular complexity index is 820. The molecule has 130 valence electrons. The third-order valence-corrected chi connectivity index (χ3v) is 4.78. The average molecular weight is 331 g/mol. The number of hydrogen-bond acceptors (Lipinski definition) is 4. The Morgan fingerprint density at radius 1 is 1.08 bits per heavy atom. The molecule has 24 heavy (non-hydrogen) atoms. The van der Waals surface area contributed by atoms with Gasteiger partial charge in [-0.25, -0.2) is 9.36 Å². The molecule has 0 atom stereocenters. The summed E-state index contributed by atoms with van der Waals surface area (Å²) >= 11 is 0. The quantitative estimate of drug-likeness (QED) is 0.935. The molecule has 2 aromatic rings. The van der Waals surface area contributed by atoms with Crippen molar-refractivity contribution >= 4 is 0 Å². The molecule has 1 aliphatic heterocycles. The smallest absolute Gasteiger partial charge is 0.278 e. The van der Waals surface area contributed by atoms with Crippen LogP contribution >= 0.6 is 0 Å². The molecule has 1 aromatic heterocycles. The third kappa shape index (κ3) is 2.65. The van der Waals surface area contributed by atoms with Crippen LogP contribution in [0.25, 0.3) is 11.1 Å². The fourth-order valence-electron chi connectivity index (χ4n) is 3.64. The van der Waals surface area contributed by atoms with Crippen molar-refractivity contribution in [3.05, 3.63) is 39.2 Å². The van der Waals surface area contributed by atoms with E-state index >= 15 is 0 Å². The minimum Gasteiger partial charge on any atom is -0.493 e. The van der Waals surface area contributed by atoms with Gasteiger partial charge in [-0.15, -0.1) is 0 Å². The summed E-state index contributed by atoms with van der Waals surface area (Å²) in [5.41, 5.74) is 4.47. The zero-order valence-corrected chi connectivity index (χ0v) is 14.8. The fraction of sp³-hybridized carbons (Fsp3) is 0.500. The maximum atomic E-state index is 13.0. The summed E-state index contributed by atoms with van der Waals surface area (Å²) in [5.74, 6) is 0.0552. The maximum absolute atomic E-state index is 13.0. The standard InChI is InChI=1S/C18H25N3O3/c1-5-14-11-12(2)10-13(3)15(14)16-17(22)20-8-6-19(24-4)7-9-21(20)18(16)23/h10-11,22H,5-9H2,1-4H3. The van der Waals surface area contributed by atoms with Crippen molar-refractivity contribution in [2.45, 2.75) is 40.3 Å². The molecule has 0 aliphatic carbocycles. The summed E-state index contributed by atoms with van der Waals surface area (Å²) in [4.78, 5) is 18.3. The molecular weight excluding hydrogens is 306 g/mol. The third-order valence-electron chi connectivity index (χ3n) is 4.78. The van der Waals surface area contributed by atoms with Crippen molar-refractivity contribution in [2.75, 3.05) is 20.2 Å². The lowest BCUT2D eigenvalue weighted by atomic mass is 9.93. The number of rotatable bonds is 3. The van der Waals surface area contributed by atoms with Gasteiger partial charge >= 0.3 is 0 Å². The number of benzene rings is 1. The first-order valence-corrected chi connectivity index (χ1v) is 8.40. The number of aromatic hydroxyl groups is 1. The van der Waals surface area contributed by atoms with Gasteiger partial charge in [-0.1, -0.05) is 24.6 Å². The van der Waals surface area contributed by atoms with Crippen molar-refractivity contribution in [1.29, 1.82) is 0 Å². The van der Waals surface area contributed by atoms with Crippen molar-refractivity contribution in [3.8, 4) is 17.0 Å². The van der Waals surface area contributed by atoms with Gasteiger partial charge in [0.25, 0.3) is 5.56 Å². The number of aryl methyl sites for hydroxylation is 3. The summed E-state index contributed by atoms with van der Waals surface area (Å²) in [6.45, 7) is 8.38. The first-order chi connectivity index (χ1) is 11.5. The van der Waals surface area contributed by atoms with E-state index in [0.29, 0.717) is 31.7 Å². The molecule has 1 aromatic carbocycles. The summed E-state index contributed by atoms with van der Waals surface area (Å²) in [7, 11) is 1.62. The van der Waals surface area contributed by atoms with Gasteiger partial charge in [0.2, 0.25) is 5.88 Å². The van der Waals surface area contributed by atoms with Crippen molar-refractivity contribution in [2.24, 2.45) is 0 Å². The minimum atomic E-state index is -0.132. The lowest BCUT2D eigenvalue weighted by Gasteiger charge is -2.15. The Morgan fingerprint density at radius 2 is 1.75 bits per heavy atom. The van der Waals surface area contributed by atoms with Crippen LogP contribution in [-0.4, -0.2) is 39.7 Å². The second-order valence-electron chi connectivity index (χ2n) is 6.33. The van der Waals surface area contributed by atoms with Gasteiger partial charge < -0.3 is 9.94 Å². The van der Waals surface area contributed by atoms with Crippen LogP contribution in [0.3, 0.4) is 0 Å². The highest BCUT2D eigenvalue weighted by molar-refractivity contribution is 5.75. The largest absolute Gasteiger partial charge is 0.493 e. The molecule has 0 amide bonds. The minimum absolute atomic E-state index is 0.0552. The molecule has 3 rings (SSSR count). The number of hydroxylamine groups is 2. The fourth-order valence-corrected chi connectivity index (χ4v) is 3.64. The van der Waals surface area contributed by atoms with Gasteiger partial charge in [0.1, 0.15) is 5.56 Å². The van der Waals surface area contributed by atoms with Crippen LogP contribution in [0.5, 0.6) is 5.88 Å². The molecule has 0 fully saturated rings. The summed E-state index contributed by atoms with van der Waals surface area (Å²) in [6.07, 6.45) is 0.819. The van der Waals surface area contributed by atoms with E-state index in [1.54, 1.807) is 21.5 Å². The van der Waals surface area contributed by atoms with Crippen LogP contribution in [0, 0.1) is 13.8 Å². The highest BCUT2D eigenvalue weighted by Gasteiger charge is 2.26. The zero-order valence-electron chi connectivity index (χ0n) is 14.8. The van der Waals surface area contributed by atoms with Gasteiger partial charge in [0, 0.05) is 13.1 Å². The Morgan fingerprint density at radius 3 is 2.38 bits per heavy atom. The van der Waals surface area contributed by atoms with Gasteiger partial charge in [-0.05, 0) is 37.0 Å². The molecule has 6 heteroatoms. The number of nitrogens with zero attached hydrogens (tertiary/aromatic N) is 3. The van der Waals surface area contributed by atoms with Crippen molar-refractivity contribution in [3.63, 3.8) is 0 Å². The second-order valence-corrected chi connectivity index (χ2v) is 6.33. The first-order valence-electron chi connectivity index (χ1n) is 8.40. The first kappa shape index (κ1) is 16.8. The van der Waals surface area contributed by atoms with Crippen LogP contribution in [0.4, 0.5) is 0 Å². The maximum Gasteiger partial charge on any atom is 0.278 e. The summed E-state index contributed by atoms with van der Waals surface area (Å²) < 4.78 is 3.30. The van der Waals surface area contributed by atoms with Crippen LogP contribution in [0.1, 0.15) is 23.6 Å². The van der Waals surface area contributed by atoms with E-state index in [1.165, 1.54) is 5.56 Å². The molecule has 0 radical (unpaired) electrons. The average Bonchev–Trinajstić information content (AvgIpc) is 2.71. The van der Waals surface area contributed by atoms with E-state index in [1.807, 2.05) is 6.92 Å². The molecule has 1 N–H and O–H groups in total. The summed E-state index contributed by atoms with van der Waals surface area (Å²) in [6, 6.07) is 4.16. The van der Waals surface area contributed by atoms with E-state index in [2.05, 4.69) is 26.0 Å². The lowest BCUT2D eigenvalue weighted by Crippen LogP contribution is -2.27. The van der Waals surface area contributed by atoms with Gasteiger partial charge in [-0.2, -0.15) is 5.06 Å². The Kier molecular flexibility index (Phi) is 4.51. The number of fused-ring (bicyclic) bond motifs is 1. The second kappa shape index (κ2) is 6.45. The molecule has 0 saturated heterocycles. The molecule has 6 nitrogen and oxygen atoms in total. The monoisotopic (exact) mass is 331 g/mol. The number of hydrogen-bond donors (Lipinski definition) is 1. The Hall–Kier alpha value is -2.05. The SMILES string of the molecule is CCc1cc(C)cc(C)c1-c1c(O)n2n(c1=O)CCN(OC)CC2. The predicted octanol–water partition coefficient (Wildman–Crippen LogP) is 2.08. The molecule has 0 unspecified atom stereocenters. The highest BCUT2D eigenvalue weighted by Crippen LogP contribution is 2.33. The van der Waals surface area contributed by atoms with Gasteiger partial charge in [-0.3, -0.25) is 4.79 Å². The molecule has 1 aliphatic rings. The van der Waals surface area contributed by atoms with Gasteiger partial charge in [0.05, 0.1) is 20.2 Å². The van der Waals surface area contributed by atoms with E-state index in [9.17, 15) is 9.90 Å². The topological polar surface area (TPSA) is 59.6 Å². The normalized spacial score (nSPS) is 15.3. The van der Waals surface area contributed by atoms with Crippen LogP contribution < -0.4 is 5.56 Å². The zero-order chi connectivity index (χ0) is 17.4. The summed E-state index contributed by atoms with van der Waals surface area (Å²) in [5, 5.41) is 12.6. The molecule has 0 spiro atoms. The van der Waals surface area contributed by atoms with E-state index in [0.717, 1.165) is 23.1 Å². The predicted molar refractivity (Wildman–Crippen MR) is 93.2 cm³/mol. The highest BCUT2D eigenvalue weighted by atomic mass is 16.7. The molecular formula is C18H25N3O3. The number of aromatic nitrogens is 2. The van der Waals surface area contributed by atoms with Crippen molar-refractivity contribution in [1.82, 2.24) is 14.4 Å². The van der Waals surface area contributed by atoms with Crippen molar-refractivity contribution < 1.29 is 9.94 Å². The molecule has 0 bridgehead atoms.